The molecule has 0 radical (unpaired) electrons. The maximum atomic E-state index is 10.4. The summed E-state index contributed by atoms with van der Waals surface area (Å²) in [6, 6.07) is 0. The van der Waals surface area contributed by atoms with Crippen LogP contribution in [0.15, 0.2) is 12.2 Å². The first-order valence-electron chi connectivity index (χ1n) is 9.11. The van der Waals surface area contributed by atoms with Gasteiger partial charge in [0.2, 0.25) is 0 Å². The van der Waals surface area contributed by atoms with Crippen LogP contribution in [0, 0.1) is 5.92 Å². The molecule has 3 heteroatoms. The molecule has 2 N–H and O–H groups in total. The maximum Gasteiger partial charge on any atom is 0.303 e. The normalized spacial score (nSPS) is 14.3. The van der Waals surface area contributed by atoms with Gasteiger partial charge < -0.3 is 10.2 Å². The number of hydrogen-bond donors (Lipinski definition) is 2. The Morgan fingerprint density at radius 3 is 2.41 bits per heavy atom. The second kappa shape index (κ2) is 15.1. The Hall–Kier alpha value is -0.830. The lowest BCUT2D eigenvalue weighted by Crippen LogP contribution is -2.10. The molecule has 0 saturated carbocycles. The summed E-state index contributed by atoms with van der Waals surface area (Å²) in [5.74, 6) is -0.0698. The predicted octanol–water partition coefficient (Wildman–Crippen LogP) is 5.33. The van der Waals surface area contributed by atoms with Crippen LogP contribution in [0.3, 0.4) is 0 Å². The Labute approximate surface area is 136 Å². The molecule has 22 heavy (non-hydrogen) atoms. The molecule has 1 unspecified atom stereocenters. The van der Waals surface area contributed by atoms with E-state index in [-0.39, 0.29) is 6.10 Å². The molecule has 0 bridgehead atoms. The Balaban J connectivity index is 3.40. The molecule has 0 heterocycles. The number of allylic oxidation sites excluding steroid dienone is 1. The third kappa shape index (κ3) is 15.6. The highest BCUT2D eigenvalue weighted by atomic mass is 16.4. The van der Waals surface area contributed by atoms with Crippen molar-refractivity contribution in [1.82, 2.24) is 0 Å². The van der Waals surface area contributed by atoms with Gasteiger partial charge >= 0.3 is 5.97 Å². The van der Waals surface area contributed by atoms with Gasteiger partial charge in [-0.2, -0.15) is 0 Å². The van der Waals surface area contributed by atoms with Gasteiger partial charge in [0.1, 0.15) is 0 Å². The van der Waals surface area contributed by atoms with Crippen LogP contribution in [0.1, 0.15) is 90.9 Å². The number of rotatable bonds is 15. The van der Waals surface area contributed by atoms with Gasteiger partial charge in [0.15, 0.2) is 0 Å². The fourth-order valence-corrected chi connectivity index (χ4v) is 2.67. The molecule has 0 rings (SSSR count). The molecule has 0 amide bonds. The number of unbranched alkanes of at least 4 members (excludes halogenated alkanes) is 6. The molecule has 0 aromatic heterocycles. The van der Waals surface area contributed by atoms with Crippen LogP contribution < -0.4 is 0 Å². The van der Waals surface area contributed by atoms with E-state index in [9.17, 15) is 9.90 Å². The second-order valence-electron chi connectivity index (χ2n) is 6.54. The highest BCUT2D eigenvalue weighted by Gasteiger charge is 2.08. The topological polar surface area (TPSA) is 57.5 Å². The van der Waals surface area contributed by atoms with Crippen LogP contribution >= 0.6 is 0 Å². The highest BCUT2D eigenvalue weighted by molar-refractivity contribution is 5.66. The zero-order valence-corrected chi connectivity index (χ0v) is 14.6. The van der Waals surface area contributed by atoms with Crippen molar-refractivity contribution < 1.29 is 15.0 Å². The SMILES string of the molecule is CCCCC(C)C[C@@H](O)C/C=C\CCCCCCCC(=O)O. The van der Waals surface area contributed by atoms with E-state index < -0.39 is 5.97 Å². The first-order valence-corrected chi connectivity index (χ1v) is 9.11. The van der Waals surface area contributed by atoms with E-state index in [1.807, 2.05) is 0 Å². The van der Waals surface area contributed by atoms with Gasteiger partial charge in [-0.05, 0) is 38.0 Å². The molecule has 0 aliphatic rings. The smallest absolute Gasteiger partial charge is 0.303 e. The van der Waals surface area contributed by atoms with Crippen molar-refractivity contribution in [3.63, 3.8) is 0 Å². The van der Waals surface area contributed by atoms with Crippen LogP contribution in [0.25, 0.3) is 0 Å². The Bertz CT molecular complexity index is 286. The van der Waals surface area contributed by atoms with E-state index in [0.717, 1.165) is 44.9 Å². The fourth-order valence-electron chi connectivity index (χ4n) is 2.67. The van der Waals surface area contributed by atoms with E-state index in [1.54, 1.807) is 0 Å². The van der Waals surface area contributed by atoms with E-state index in [1.165, 1.54) is 25.7 Å². The maximum absolute atomic E-state index is 10.4. The quantitative estimate of drug-likeness (QED) is 0.317. The molecule has 0 aliphatic heterocycles. The summed E-state index contributed by atoms with van der Waals surface area (Å²) in [7, 11) is 0. The largest absolute Gasteiger partial charge is 0.481 e. The fraction of sp³-hybridized carbons (Fsp3) is 0.842. The molecular weight excluding hydrogens is 276 g/mol. The molecule has 0 saturated heterocycles. The summed E-state index contributed by atoms with van der Waals surface area (Å²) >= 11 is 0. The van der Waals surface area contributed by atoms with Crippen molar-refractivity contribution >= 4 is 5.97 Å². The molecule has 0 aromatic carbocycles. The van der Waals surface area contributed by atoms with E-state index >= 15 is 0 Å². The van der Waals surface area contributed by atoms with E-state index in [4.69, 9.17) is 5.11 Å². The average molecular weight is 312 g/mol. The average Bonchev–Trinajstić information content (AvgIpc) is 2.46. The van der Waals surface area contributed by atoms with Gasteiger partial charge in [0.25, 0.3) is 0 Å². The van der Waals surface area contributed by atoms with Crippen molar-refractivity contribution in [2.24, 2.45) is 5.92 Å². The van der Waals surface area contributed by atoms with Crippen LogP contribution in [0.5, 0.6) is 0 Å². The van der Waals surface area contributed by atoms with Gasteiger partial charge in [-0.25, -0.2) is 0 Å². The lowest BCUT2D eigenvalue weighted by molar-refractivity contribution is -0.137. The lowest BCUT2D eigenvalue weighted by atomic mass is 9.96. The highest BCUT2D eigenvalue weighted by Crippen LogP contribution is 2.16. The minimum absolute atomic E-state index is 0.195. The molecule has 2 atom stereocenters. The zero-order valence-electron chi connectivity index (χ0n) is 14.6. The van der Waals surface area contributed by atoms with Gasteiger partial charge in [0.05, 0.1) is 6.10 Å². The molecule has 130 valence electrons. The first kappa shape index (κ1) is 21.2. The van der Waals surface area contributed by atoms with Crippen LogP contribution in [-0.2, 0) is 4.79 Å². The molecule has 0 aliphatic carbocycles. The number of aliphatic hydroxyl groups excluding tert-OH is 1. The zero-order chi connectivity index (χ0) is 16.6. The molecule has 0 aromatic rings. The van der Waals surface area contributed by atoms with Gasteiger partial charge in [-0.15, -0.1) is 0 Å². The second-order valence-corrected chi connectivity index (χ2v) is 6.54. The standard InChI is InChI=1S/C19H36O3/c1-3-4-13-17(2)16-18(20)14-11-9-7-5-6-8-10-12-15-19(21)22/h9,11,17-18,20H,3-8,10,12-16H2,1-2H3,(H,21,22)/b11-9-/t17?,18-/m0/s1. The third-order valence-corrected chi connectivity index (χ3v) is 4.06. The number of carboxylic acids is 1. The van der Waals surface area contributed by atoms with Gasteiger partial charge in [0, 0.05) is 6.42 Å². The molecule has 0 spiro atoms. The summed E-state index contributed by atoms with van der Waals surface area (Å²) in [5.41, 5.74) is 0. The Morgan fingerprint density at radius 2 is 1.73 bits per heavy atom. The van der Waals surface area contributed by atoms with Gasteiger partial charge in [-0.1, -0.05) is 64.5 Å². The summed E-state index contributed by atoms with van der Waals surface area (Å²) in [5, 5.41) is 18.5. The number of aliphatic carboxylic acids is 1. The van der Waals surface area contributed by atoms with Crippen LogP contribution in [-0.4, -0.2) is 22.3 Å². The lowest BCUT2D eigenvalue weighted by Gasteiger charge is -2.14. The summed E-state index contributed by atoms with van der Waals surface area (Å²) < 4.78 is 0. The molecule has 3 nitrogen and oxygen atoms in total. The minimum atomic E-state index is -0.689. The van der Waals surface area contributed by atoms with E-state index in [2.05, 4.69) is 26.0 Å². The summed E-state index contributed by atoms with van der Waals surface area (Å²) in [4.78, 5) is 10.4. The molecular formula is C19H36O3. The van der Waals surface area contributed by atoms with Crippen molar-refractivity contribution in [2.75, 3.05) is 0 Å². The van der Waals surface area contributed by atoms with Crippen molar-refractivity contribution in [3.05, 3.63) is 12.2 Å². The van der Waals surface area contributed by atoms with E-state index in [0.29, 0.717) is 12.3 Å². The van der Waals surface area contributed by atoms with Crippen molar-refractivity contribution in [3.8, 4) is 0 Å². The van der Waals surface area contributed by atoms with Crippen molar-refractivity contribution in [1.29, 1.82) is 0 Å². The van der Waals surface area contributed by atoms with Gasteiger partial charge in [-0.3, -0.25) is 4.79 Å². The monoisotopic (exact) mass is 312 g/mol. The molecule has 0 fully saturated rings. The number of carboxylic acid groups (broad SMARTS) is 1. The summed E-state index contributed by atoms with van der Waals surface area (Å²) in [6.45, 7) is 4.44. The van der Waals surface area contributed by atoms with Crippen molar-refractivity contribution in [2.45, 2.75) is 97.0 Å². The van der Waals surface area contributed by atoms with Crippen LogP contribution in [0.2, 0.25) is 0 Å². The summed E-state index contributed by atoms with van der Waals surface area (Å²) in [6.07, 6.45) is 16.1. The Kier molecular flexibility index (Phi) is 14.5. The first-order chi connectivity index (χ1) is 10.6. The Morgan fingerprint density at radius 1 is 1.05 bits per heavy atom. The third-order valence-electron chi connectivity index (χ3n) is 4.06. The van der Waals surface area contributed by atoms with Crippen LogP contribution in [0.4, 0.5) is 0 Å². The number of aliphatic hydroxyl groups is 1. The number of carbonyl (C=O) groups is 1. The predicted molar refractivity (Wildman–Crippen MR) is 93.0 cm³/mol. The minimum Gasteiger partial charge on any atom is -0.481 e. The number of hydrogen-bond acceptors (Lipinski definition) is 2.